The highest BCUT2D eigenvalue weighted by Gasteiger charge is 2.15. The Morgan fingerprint density at radius 2 is 1.79 bits per heavy atom. The van der Waals surface area contributed by atoms with Crippen LogP contribution in [0.25, 0.3) is 0 Å². The van der Waals surface area contributed by atoms with Gasteiger partial charge in [0.25, 0.3) is 5.91 Å². The molecule has 0 atom stereocenters. The standard InChI is InChI=1S/C12H8F3N3O/c13-8-3-6(4-9(14)11(8)15)12(19)18-7-1-2-10(16)17-5-7/h1-5H,(H2,16,17)(H,18,19). The first-order valence-corrected chi connectivity index (χ1v) is 5.15. The number of nitrogen functional groups attached to an aromatic ring is 1. The smallest absolute Gasteiger partial charge is 0.255 e. The molecule has 2 rings (SSSR count). The molecule has 0 aliphatic heterocycles. The molecular formula is C12H8F3N3O. The zero-order valence-corrected chi connectivity index (χ0v) is 9.45. The summed E-state index contributed by atoms with van der Waals surface area (Å²) in [5, 5.41) is 2.35. The first-order valence-electron chi connectivity index (χ1n) is 5.15. The van der Waals surface area contributed by atoms with Crippen molar-refractivity contribution < 1.29 is 18.0 Å². The van der Waals surface area contributed by atoms with E-state index in [0.717, 1.165) is 0 Å². The van der Waals surface area contributed by atoms with Crippen LogP contribution in [0, 0.1) is 17.5 Å². The van der Waals surface area contributed by atoms with Crippen LogP contribution in [0.4, 0.5) is 24.7 Å². The predicted octanol–water partition coefficient (Wildman–Crippen LogP) is 2.33. The molecule has 7 heteroatoms. The van der Waals surface area contributed by atoms with E-state index in [1.807, 2.05) is 0 Å². The maximum absolute atomic E-state index is 13.0. The number of halogens is 3. The molecule has 1 aromatic carbocycles. The number of rotatable bonds is 2. The molecule has 0 aliphatic carbocycles. The van der Waals surface area contributed by atoms with Crippen LogP contribution < -0.4 is 11.1 Å². The second kappa shape index (κ2) is 4.97. The van der Waals surface area contributed by atoms with Crippen molar-refractivity contribution >= 4 is 17.4 Å². The van der Waals surface area contributed by atoms with Crippen molar-refractivity contribution in [2.24, 2.45) is 0 Å². The molecule has 0 unspecified atom stereocenters. The number of carbonyl (C=O) groups excluding carboxylic acids is 1. The minimum Gasteiger partial charge on any atom is -0.384 e. The van der Waals surface area contributed by atoms with Crippen LogP contribution in [-0.4, -0.2) is 10.9 Å². The quantitative estimate of drug-likeness (QED) is 0.820. The molecule has 0 aliphatic rings. The van der Waals surface area contributed by atoms with Crippen LogP contribution >= 0.6 is 0 Å². The van der Waals surface area contributed by atoms with Crippen molar-refractivity contribution in [3.05, 3.63) is 53.5 Å². The van der Waals surface area contributed by atoms with Gasteiger partial charge in [-0.1, -0.05) is 0 Å². The fraction of sp³-hybridized carbons (Fsp3) is 0. The van der Waals surface area contributed by atoms with E-state index < -0.39 is 23.4 Å². The summed E-state index contributed by atoms with van der Waals surface area (Å²) in [5.74, 6) is -5.01. The Hall–Kier alpha value is -2.57. The second-order valence-corrected chi connectivity index (χ2v) is 3.68. The van der Waals surface area contributed by atoms with Gasteiger partial charge in [0.15, 0.2) is 17.5 Å². The molecule has 19 heavy (non-hydrogen) atoms. The summed E-state index contributed by atoms with van der Waals surface area (Å²) in [6.45, 7) is 0. The Morgan fingerprint density at radius 3 is 2.32 bits per heavy atom. The van der Waals surface area contributed by atoms with Crippen molar-refractivity contribution in [2.45, 2.75) is 0 Å². The van der Waals surface area contributed by atoms with E-state index in [2.05, 4.69) is 10.3 Å². The van der Waals surface area contributed by atoms with E-state index in [9.17, 15) is 18.0 Å². The third kappa shape index (κ3) is 2.82. The zero-order chi connectivity index (χ0) is 14.0. The van der Waals surface area contributed by atoms with Gasteiger partial charge in [-0.2, -0.15) is 0 Å². The van der Waals surface area contributed by atoms with Gasteiger partial charge in [0, 0.05) is 5.56 Å². The molecule has 0 radical (unpaired) electrons. The molecule has 1 heterocycles. The zero-order valence-electron chi connectivity index (χ0n) is 9.45. The van der Waals surface area contributed by atoms with Crippen molar-refractivity contribution in [1.29, 1.82) is 0 Å². The lowest BCUT2D eigenvalue weighted by atomic mass is 10.2. The number of nitrogens with zero attached hydrogens (tertiary/aromatic N) is 1. The van der Waals surface area contributed by atoms with Crippen molar-refractivity contribution in [2.75, 3.05) is 11.1 Å². The Bertz CT molecular complexity index is 606. The molecule has 0 fully saturated rings. The van der Waals surface area contributed by atoms with Gasteiger partial charge in [-0.25, -0.2) is 18.2 Å². The van der Waals surface area contributed by atoms with Gasteiger partial charge in [-0.05, 0) is 24.3 Å². The lowest BCUT2D eigenvalue weighted by molar-refractivity contribution is 0.102. The average Bonchev–Trinajstić information content (AvgIpc) is 2.38. The highest BCUT2D eigenvalue weighted by atomic mass is 19.2. The SMILES string of the molecule is Nc1ccc(NC(=O)c2cc(F)c(F)c(F)c2)cn1. The summed E-state index contributed by atoms with van der Waals surface area (Å²) in [6.07, 6.45) is 1.28. The Balaban J connectivity index is 2.23. The number of nitrogens with one attached hydrogen (secondary N) is 1. The van der Waals surface area contributed by atoms with E-state index in [4.69, 9.17) is 5.73 Å². The molecular weight excluding hydrogens is 259 g/mol. The van der Waals surface area contributed by atoms with Gasteiger partial charge < -0.3 is 11.1 Å². The molecule has 4 nitrogen and oxygen atoms in total. The van der Waals surface area contributed by atoms with Crippen molar-refractivity contribution in [1.82, 2.24) is 4.98 Å². The van der Waals surface area contributed by atoms with Gasteiger partial charge >= 0.3 is 0 Å². The highest BCUT2D eigenvalue weighted by Crippen LogP contribution is 2.15. The fourth-order valence-electron chi connectivity index (χ4n) is 1.37. The third-order valence-electron chi connectivity index (χ3n) is 2.29. The van der Waals surface area contributed by atoms with Crippen LogP contribution in [0.1, 0.15) is 10.4 Å². The van der Waals surface area contributed by atoms with Gasteiger partial charge in [0.05, 0.1) is 11.9 Å². The first-order chi connectivity index (χ1) is 8.97. The Morgan fingerprint density at radius 1 is 1.16 bits per heavy atom. The summed E-state index contributed by atoms with van der Waals surface area (Å²) in [5.41, 5.74) is 5.32. The van der Waals surface area contributed by atoms with Gasteiger partial charge in [-0.15, -0.1) is 0 Å². The maximum atomic E-state index is 13.0. The van der Waals surface area contributed by atoms with Crippen LogP contribution in [-0.2, 0) is 0 Å². The Kier molecular flexibility index (Phi) is 3.37. The third-order valence-corrected chi connectivity index (χ3v) is 2.29. The van der Waals surface area contributed by atoms with E-state index in [0.29, 0.717) is 17.8 Å². The fourth-order valence-corrected chi connectivity index (χ4v) is 1.37. The van der Waals surface area contributed by atoms with Crippen molar-refractivity contribution in [3.63, 3.8) is 0 Å². The molecule has 1 amide bonds. The predicted molar refractivity (Wildman–Crippen MR) is 62.9 cm³/mol. The number of pyridine rings is 1. The lowest BCUT2D eigenvalue weighted by Crippen LogP contribution is -2.13. The van der Waals surface area contributed by atoms with Crippen LogP contribution in [0.3, 0.4) is 0 Å². The highest BCUT2D eigenvalue weighted by molar-refractivity contribution is 6.04. The molecule has 1 aromatic heterocycles. The molecule has 0 bridgehead atoms. The van der Waals surface area contributed by atoms with Crippen LogP contribution in [0.5, 0.6) is 0 Å². The van der Waals surface area contributed by atoms with E-state index in [1.54, 1.807) is 0 Å². The summed E-state index contributed by atoms with van der Waals surface area (Å²) in [6, 6.07) is 4.13. The number of nitrogens with two attached hydrogens (primary N) is 1. The number of aromatic nitrogens is 1. The van der Waals surface area contributed by atoms with Crippen molar-refractivity contribution in [3.8, 4) is 0 Å². The minimum atomic E-state index is -1.62. The lowest BCUT2D eigenvalue weighted by Gasteiger charge is -2.06. The van der Waals surface area contributed by atoms with Gasteiger partial charge in [0.2, 0.25) is 0 Å². The monoisotopic (exact) mass is 267 g/mol. The topological polar surface area (TPSA) is 68.0 Å². The number of amides is 1. The minimum absolute atomic E-state index is 0.261. The summed E-state index contributed by atoms with van der Waals surface area (Å²) >= 11 is 0. The van der Waals surface area contributed by atoms with E-state index in [-0.39, 0.29) is 11.4 Å². The summed E-state index contributed by atoms with van der Waals surface area (Å²) in [4.78, 5) is 15.4. The molecule has 2 aromatic rings. The summed E-state index contributed by atoms with van der Waals surface area (Å²) < 4.78 is 38.7. The van der Waals surface area contributed by atoms with E-state index >= 15 is 0 Å². The molecule has 0 spiro atoms. The Labute approximate surface area is 106 Å². The van der Waals surface area contributed by atoms with Gasteiger partial charge in [-0.3, -0.25) is 4.79 Å². The first kappa shape index (κ1) is 12.9. The largest absolute Gasteiger partial charge is 0.384 e. The number of hydrogen-bond donors (Lipinski definition) is 2. The summed E-state index contributed by atoms with van der Waals surface area (Å²) in [7, 11) is 0. The number of carbonyl (C=O) groups is 1. The number of anilines is 2. The average molecular weight is 267 g/mol. The molecule has 3 N–H and O–H groups in total. The van der Waals surface area contributed by atoms with E-state index in [1.165, 1.54) is 18.3 Å². The second-order valence-electron chi connectivity index (χ2n) is 3.68. The van der Waals surface area contributed by atoms with Crippen LogP contribution in [0.15, 0.2) is 30.5 Å². The van der Waals surface area contributed by atoms with Crippen LogP contribution in [0.2, 0.25) is 0 Å². The molecule has 98 valence electrons. The molecule has 0 saturated carbocycles. The molecule has 0 saturated heterocycles. The number of benzene rings is 1. The maximum Gasteiger partial charge on any atom is 0.255 e. The normalized spacial score (nSPS) is 10.3. The number of hydrogen-bond acceptors (Lipinski definition) is 3. The van der Waals surface area contributed by atoms with Gasteiger partial charge in [0.1, 0.15) is 5.82 Å².